The van der Waals surface area contributed by atoms with Crippen molar-refractivity contribution in [3.05, 3.63) is 29.3 Å². The van der Waals surface area contributed by atoms with Gasteiger partial charge in [-0.15, -0.1) is 0 Å². The van der Waals surface area contributed by atoms with E-state index >= 15 is 0 Å². The Morgan fingerprint density at radius 1 is 1.25 bits per heavy atom. The summed E-state index contributed by atoms with van der Waals surface area (Å²) >= 11 is 0. The van der Waals surface area contributed by atoms with Gasteiger partial charge in [0.2, 0.25) is 0 Å². The third-order valence-corrected chi connectivity index (χ3v) is 3.66. The maximum Gasteiger partial charge on any atom is 0.119 e. The summed E-state index contributed by atoms with van der Waals surface area (Å²) in [6, 6.07) is 5.91. The van der Waals surface area contributed by atoms with E-state index in [0.29, 0.717) is 11.7 Å². The van der Waals surface area contributed by atoms with Crippen LogP contribution in [0.1, 0.15) is 25.0 Å². The quantitative estimate of drug-likeness (QED) is 0.841. The molecule has 16 heavy (non-hydrogen) atoms. The Balaban J connectivity index is 2.03. The molecule has 1 aromatic carbocycles. The predicted molar refractivity (Wildman–Crippen MR) is 66.8 cm³/mol. The lowest BCUT2D eigenvalue weighted by Gasteiger charge is -2.21. The first-order valence-electron chi connectivity index (χ1n) is 6.26. The highest BCUT2D eigenvalue weighted by Gasteiger charge is 2.24. The SMILES string of the molecule is CCN(CC)CC1Cc2cccc(O)c2C1. The molecule has 0 saturated carbocycles. The van der Waals surface area contributed by atoms with Gasteiger partial charge in [-0.1, -0.05) is 26.0 Å². The maximum atomic E-state index is 9.78. The van der Waals surface area contributed by atoms with Crippen molar-refractivity contribution in [2.24, 2.45) is 5.92 Å². The van der Waals surface area contributed by atoms with Gasteiger partial charge in [-0.2, -0.15) is 0 Å². The normalized spacial score (nSPS) is 19.1. The minimum Gasteiger partial charge on any atom is -0.508 e. The van der Waals surface area contributed by atoms with Crippen LogP contribution in [0.5, 0.6) is 5.75 Å². The fraction of sp³-hybridized carbons (Fsp3) is 0.571. The summed E-state index contributed by atoms with van der Waals surface area (Å²) in [5.74, 6) is 1.17. The molecule has 1 atom stereocenters. The molecule has 0 radical (unpaired) electrons. The van der Waals surface area contributed by atoms with Crippen molar-refractivity contribution in [3.8, 4) is 5.75 Å². The van der Waals surface area contributed by atoms with Crippen LogP contribution < -0.4 is 0 Å². The van der Waals surface area contributed by atoms with Crippen LogP contribution in [0.3, 0.4) is 0 Å². The highest BCUT2D eigenvalue weighted by atomic mass is 16.3. The standard InChI is InChI=1S/C14H21NO/c1-3-15(4-2)10-11-8-12-6-5-7-14(16)13(12)9-11/h5-7,11,16H,3-4,8-10H2,1-2H3. The number of hydrogen-bond acceptors (Lipinski definition) is 2. The Kier molecular flexibility index (Phi) is 3.49. The van der Waals surface area contributed by atoms with Gasteiger partial charge in [-0.3, -0.25) is 0 Å². The van der Waals surface area contributed by atoms with Gasteiger partial charge >= 0.3 is 0 Å². The second-order valence-corrected chi connectivity index (χ2v) is 4.67. The average Bonchev–Trinajstić information content (AvgIpc) is 2.70. The van der Waals surface area contributed by atoms with E-state index in [4.69, 9.17) is 0 Å². The molecule has 0 bridgehead atoms. The molecule has 0 heterocycles. The molecular formula is C14H21NO. The van der Waals surface area contributed by atoms with E-state index in [1.54, 1.807) is 6.07 Å². The number of aromatic hydroxyl groups is 1. The van der Waals surface area contributed by atoms with Gasteiger partial charge in [0, 0.05) is 6.54 Å². The lowest BCUT2D eigenvalue weighted by molar-refractivity contribution is 0.256. The Hall–Kier alpha value is -1.02. The molecule has 0 fully saturated rings. The van der Waals surface area contributed by atoms with E-state index in [9.17, 15) is 5.11 Å². The zero-order valence-corrected chi connectivity index (χ0v) is 10.2. The molecular weight excluding hydrogens is 198 g/mol. The molecule has 1 aliphatic carbocycles. The molecule has 0 amide bonds. The molecule has 1 aliphatic rings. The molecule has 88 valence electrons. The van der Waals surface area contributed by atoms with Crippen molar-refractivity contribution in [2.45, 2.75) is 26.7 Å². The summed E-state index contributed by atoms with van der Waals surface area (Å²) in [5, 5.41) is 9.78. The number of benzene rings is 1. The summed E-state index contributed by atoms with van der Waals surface area (Å²) in [7, 11) is 0. The maximum absolute atomic E-state index is 9.78. The summed E-state index contributed by atoms with van der Waals surface area (Å²) in [6.07, 6.45) is 2.17. The number of nitrogens with zero attached hydrogens (tertiary/aromatic N) is 1. The number of fused-ring (bicyclic) bond motifs is 1. The van der Waals surface area contributed by atoms with Gasteiger partial charge in [0.25, 0.3) is 0 Å². The third kappa shape index (κ3) is 2.22. The smallest absolute Gasteiger partial charge is 0.119 e. The molecule has 2 heteroatoms. The van der Waals surface area contributed by atoms with Crippen LogP contribution in [0.2, 0.25) is 0 Å². The van der Waals surface area contributed by atoms with Crippen molar-refractivity contribution < 1.29 is 5.11 Å². The van der Waals surface area contributed by atoms with Crippen molar-refractivity contribution in [2.75, 3.05) is 19.6 Å². The first kappa shape index (κ1) is 11.5. The highest BCUT2D eigenvalue weighted by Crippen LogP contribution is 2.33. The van der Waals surface area contributed by atoms with Crippen LogP contribution in [0.25, 0.3) is 0 Å². The molecule has 0 aromatic heterocycles. The molecule has 0 saturated heterocycles. The molecule has 1 aromatic rings. The largest absolute Gasteiger partial charge is 0.508 e. The molecule has 0 spiro atoms. The van der Waals surface area contributed by atoms with Crippen molar-refractivity contribution >= 4 is 0 Å². The first-order valence-corrected chi connectivity index (χ1v) is 6.26. The van der Waals surface area contributed by atoms with E-state index in [1.807, 2.05) is 6.07 Å². The number of hydrogen-bond donors (Lipinski definition) is 1. The summed E-state index contributed by atoms with van der Waals surface area (Å²) in [4.78, 5) is 2.47. The van der Waals surface area contributed by atoms with Crippen LogP contribution in [0.4, 0.5) is 0 Å². The molecule has 1 unspecified atom stereocenters. The highest BCUT2D eigenvalue weighted by molar-refractivity contribution is 5.42. The van der Waals surface area contributed by atoms with Crippen LogP contribution in [-0.2, 0) is 12.8 Å². The fourth-order valence-electron chi connectivity index (χ4n) is 2.70. The Labute approximate surface area is 97.9 Å². The fourth-order valence-corrected chi connectivity index (χ4v) is 2.70. The van der Waals surface area contributed by atoms with Gasteiger partial charge in [0.05, 0.1) is 0 Å². The van der Waals surface area contributed by atoms with Crippen molar-refractivity contribution in [1.29, 1.82) is 0 Å². The summed E-state index contributed by atoms with van der Waals surface area (Å²) in [6.45, 7) is 7.82. The lowest BCUT2D eigenvalue weighted by Crippen LogP contribution is -2.29. The third-order valence-electron chi connectivity index (χ3n) is 3.66. The van der Waals surface area contributed by atoms with Gasteiger partial charge < -0.3 is 10.0 Å². The Morgan fingerprint density at radius 2 is 2.00 bits per heavy atom. The Bertz CT molecular complexity index is 358. The second kappa shape index (κ2) is 4.88. The van der Waals surface area contributed by atoms with E-state index in [2.05, 4.69) is 24.8 Å². The van der Waals surface area contributed by atoms with E-state index in [0.717, 1.165) is 32.5 Å². The Morgan fingerprint density at radius 3 is 2.62 bits per heavy atom. The molecule has 1 N–H and O–H groups in total. The topological polar surface area (TPSA) is 23.5 Å². The van der Waals surface area contributed by atoms with Crippen LogP contribution in [0.15, 0.2) is 18.2 Å². The number of rotatable bonds is 4. The molecule has 0 aliphatic heterocycles. The zero-order valence-electron chi connectivity index (χ0n) is 10.2. The molecule has 2 rings (SSSR count). The van der Waals surface area contributed by atoms with E-state index in [1.165, 1.54) is 11.1 Å². The summed E-state index contributed by atoms with van der Waals surface area (Å²) in [5.41, 5.74) is 2.52. The zero-order chi connectivity index (χ0) is 11.5. The van der Waals surface area contributed by atoms with Gasteiger partial charge in [0.15, 0.2) is 0 Å². The van der Waals surface area contributed by atoms with Gasteiger partial charge in [-0.05, 0) is 49.0 Å². The van der Waals surface area contributed by atoms with Crippen molar-refractivity contribution in [1.82, 2.24) is 4.90 Å². The number of phenols is 1. The van der Waals surface area contributed by atoms with E-state index < -0.39 is 0 Å². The van der Waals surface area contributed by atoms with Crippen LogP contribution >= 0.6 is 0 Å². The van der Waals surface area contributed by atoms with Gasteiger partial charge in [-0.25, -0.2) is 0 Å². The minimum atomic E-state index is 0.486. The first-order chi connectivity index (χ1) is 7.74. The van der Waals surface area contributed by atoms with Crippen molar-refractivity contribution in [3.63, 3.8) is 0 Å². The molecule has 2 nitrogen and oxygen atoms in total. The van der Waals surface area contributed by atoms with Gasteiger partial charge in [0.1, 0.15) is 5.75 Å². The predicted octanol–water partition coefficient (Wildman–Crippen LogP) is 2.45. The minimum absolute atomic E-state index is 0.486. The monoisotopic (exact) mass is 219 g/mol. The van der Waals surface area contributed by atoms with Crippen LogP contribution in [-0.4, -0.2) is 29.6 Å². The lowest BCUT2D eigenvalue weighted by atomic mass is 10.1. The average molecular weight is 219 g/mol. The summed E-state index contributed by atoms with van der Waals surface area (Å²) < 4.78 is 0. The number of phenolic OH excluding ortho intramolecular Hbond substituents is 1. The second-order valence-electron chi connectivity index (χ2n) is 4.67. The van der Waals surface area contributed by atoms with Crippen LogP contribution in [0, 0.1) is 5.92 Å². The van der Waals surface area contributed by atoms with E-state index in [-0.39, 0.29) is 0 Å².